The van der Waals surface area contributed by atoms with Gasteiger partial charge in [-0.05, 0) is 30.2 Å². The Labute approximate surface area is 158 Å². The minimum atomic E-state index is -0.295. The molecule has 0 radical (unpaired) electrons. The second-order valence-corrected chi connectivity index (χ2v) is 6.30. The Balaban J connectivity index is 1.81. The van der Waals surface area contributed by atoms with Gasteiger partial charge in [0.05, 0.1) is 6.61 Å². The first-order valence-corrected chi connectivity index (χ1v) is 8.97. The molecule has 2 aromatic carbocycles. The highest BCUT2D eigenvalue weighted by molar-refractivity contribution is 5.87. The van der Waals surface area contributed by atoms with E-state index in [1.807, 2.05) is 30.3 Å². The van der Waals surface area contributed by atoms with Crippen molar-refractivity contribution in [2.24, 2.45) is 0 Å². The second-order valence-electron chi connectivity index (χ2n) is 6.30. The zero-order valence-electron chi connectivity index (χ0n) is 15.3. The molecule has 6 heteroatoms. The maximum Gasteiger partial charge on any atom is 0.409 e. The average Bonchev–Trinajstić information content (AvgIpc) is 2.73. The minimum absolute atomic E-state index is 0.295. The van der Waals surface area contributed by atoms with E-state index in [0.29, 0.717) is 43.9 Å². The van der Waals surface area contributed by atoms with Gasteiger partial charge >= 0.3 is 6.09 Å². The smallest absolute Gasteiger partial charge is 0.409 e. The van der Waals surface area contributed by atoms with Crippen LogP contribution >= 0.6 is 0 Å². The number of rotatable bonds is 5. The third-order valence-corrected chi connectivity index (χ3v) is 4.68. The van der Waals surface area contributed by atoms with Gasteiger partial charge in [-0.1, -0.05) is 30.3 Å². The Hall–Kier alpha value is -3.15. The highest BCUT2D eigenvalue weighted by Gasteiger charge is 2.23. The summed E-state index contributed by atoms with van der Waals surface area (Å²) in [6, 6.07) is 13.0. The summed E-state index contributed by atoms with van der Waals surface area (Å²) in [5.41, 5.74) is 4.04. The first-order chi connectivity index (χ1) is 13.2. The largest absolute Gasteiger partial charge is 0.450 e. The van der Waals surface area contributed by atoms with E-state index in [4.69, 9.17) is 4.74 Å². The monoisotopic (exact) mass is 366 g/mol. The number of anilines is 1. The Kier molecular flexibility index (Phi) is 5.86. The number of carbonyl (C=O) groups is 3. The molecule has 0 aromatic heterocycles. The van der Waals surface area contributed by atoms with Crippen LogP contribution in [0.4, 0.5) is 10.5 Å². The van der Waals surface area contributed by atoms with Crippen molar-refractivity contribution in [2.75, 3.05) is 37.7 Å². The quantitative estimate of drug-likeness (QED) is 0.760. The molecule has 1 amide bonds. The second kappa shape index (κ2) is 8.49. The first-order valence-electron chi connectivity index (χ1n) is 8.97. The molecule has 1 heterocycles. The Morgan fingerprint density at radius 1 is 0.963 bits per heavy atom. The Morgan fingerprint density at radius 3 is 2.22 bits per heavy atom. The zero-order valence-corrected chi connectivity index (χ0v) is 15.3. The predicted octanol–water partition coefficient (Wildman–Crippen LogP) is 3.26. The van der Waals surface area contributed by atoms with Crippen molar-refractivity contribution >= 4 is 24.4 Å². The molecule has 0 atom stereocenters. The number of piperazine rings is 1. The van der Waals surface area contributed by atoms with Crippen LogP contribution < -0.4 is 4.90 Å². The van der Waals surface area contributed by atoms with Gasteiger partial charge in [0.1, 0.15) is 6.29 Å². The van der Waals surface area contributed by atoms with Gasteiger partial charge in [0, 0.05) is 43.0 Å². The summed E-state index contributed by atoms with van der Waals surface area (Å²) >= 11 is 0. The van der Waals surface area contributed by atoms with E-state index in [-0.39, 0.29) is 6.09 Å². The maximum atomic E-state index is 11.9. The molecule has 6 nitrogen and oxygen atoms in total. The number of hydrogen-bond acceptors (Lipinski definition) is 5. The van der Waals surface area contributed by atoms with E-state index >= 15 is 0 Å². The summed E-state index contributed by atoms with van der Waals surface area (Å²) in [5, 5.41) is 0. The fourth-order valence-corrected chi connectivity index (χ4v) is 3.20. The molecule has 140 valence electrons. The van der Waals surface area contributed by atoms with Crippen molar-refractivity contribution in [2.45, 2.75) is 6.92 Å². The Morgan fingerprint density at radius 2 is 1.63 bits per heavy atom. The predicted molar refractivity (Wildman–Crippen MR) is 103 cm³/mol. The number of benzene rings is 2. The molecule has 0 bridgehead atoms. The van der Waals surface area contributed by atoms with Crippen molar-refractivity contribution in [3.8, 4) is 11.1 Å². The number of amides is 1. The highest BCUT2D eigenvalue weighted by atomic mass is 16.6. The summed E-state index contributed by atoms with van der Waals surface area (Å²) in [7, 11) is 0. The number of nitrogens with zero attached hydrogens (tertiary/aromatic N) is 2. The van der Waals surface area contributed by atoms with Crippen LogP contribution in [0.15, 0.2) is 42.5 Å². The summed E-state index contributed by atoms with van der Waals surface area (Å²) in [4.78, 5) is 38.0. The molecule has 0 aliphatic carbocycles. The first kappa shape index (κ1) is 18.6. The van der Waals surface area contributed by atoms with E-state index in [9.17, 15) is 14.4 Å². The topological polar surface area (TPSA) is 66.9 Å². The summed E-state index contributed by atoms with van der Waals surface area (Å²) in [6.45, 7) is 4.52. The molecule has 1 aliphatic rings. The van der Waals surface area contributed by atoms with Crippen molar-refractivity contribution in [3.05, 3.63) is 53.6 Å². The highest BCUT2D eigenvalue weighted by Crippen LogP contribution is 2.28. The molecule has 0 spiro atoms. The van der Waals surface area contributed by atoms with Gasteiger partial charge in [0.25, 0.3) is 0 Å². The van der Waals surface area contributed by atoms with E-state index in [1.165, 1.54) is 0 Å². The van der Waals surface area contributed by atoms with E-state index in [1.54, 1.807) is 24.0 Å². The zero-order chi connectivity index (χ0) is 19.2. The molecule has 1 fully saturated rings. The normalized spacial score (nSPS) is 14.0. The van der Waals surface area contributed by atoms with Gasteiger partial charge in [-0.25, -0.2) is 4.79 Å². The molecule has 0 saturated carbocycles. The van der Waals surface area contributed by atoms with Crippen LogP contribution in [-0.2, 0) is 4.74 Å². The van der Waals surface area contributed by atoms with Gasteiger partial charge in [-0.3, -0.25) is 9.59 Å². The van der Waals surface area contributed by atoms with Crippen LogP contribution in [0.1, 0.15) is 27.6 Å². The van der Waals surface area contributed by atoms with Crippen LogP contribution in [0.25, 0.3) is 11.1 Å². The standard InChI is InChI=1S/C21H22N2O4/c1-2-27-21(26)23-11-9-22(10-12-23)20-13-18(7-8-19(20)15-25)17-5-3-16(14-24)4-6-17/h3-8,13-15H,2,9-12H2,1H3. The van der Waals surface area contributed by atoms with E-state index in [2.05, 4.69) is 4.90 Å². The van der Waals surface area contributed by atoms with Crippen LogP contribution in [-0.4, -0.2) is 56.4 Å². The third-order valence-electron chi connectivity index (χ3n) is 4.68. The summed E-state index contributed by atoms with van der Waals surface area (Å²) < 4.78 is 5.05. The Bertz CT molecular complexity index is 825. The van der Waals surface area contributed by atoms with Gasteiger partial charge in [0.2, 0.25) is 0 Å². The minimum Gasteiger partial charge on any atom is -0.450 e. The lowest BCUT2D eigenvalue weighted by molar-refractivity contribution is 0.104. The fourth-order valence-electron chi connectivity index (χ4n) is 3.20. The van der Waals surface area contributed by atoms with Gasteiger partial charge in [-0.2, -0.15) is 0 Å². The van der Waals surface area contributed by atoms with Crippen LogP contribution in [0, 0.1) is 0 Å². The van der Waals surface area contributed by atoms with E-state index < -0.39 is 0 Å². The summed E-state index contributed by atoms with van der Waals surface area (Å²) in [6.07, 6.45) is 1.37. The lowest BCUT2D eigenvalue weighted by Gasteiger charge is -2.36. The van der Waals surface area contributed by atoms with Crippen LogP contribution in [0.5, 0.6) is 0 Å². The molecule has 1 saturated heterocycles. The molecule has 1 aliphatic heterocycles. The van der Waals surface area contributed by atoms with Crippen molar-refractivity contribution in [3.63, 3.8) is 0 Å². The molecule has 27 heavy (non-hydrogen) atoms. The van der Waals surface area contributed by atoms with Gasteiger partial charge in [-0.15, -0.1) is 0 Å². The summed E-state index contributed by atoms with van der Waals surface area (Å²) in [5.74, 6) is 0. The maximum absolute atomic E-state index is 11.9. The van der Waals surface area contributed by atoms with Gasteiger partial charge < -0.3 is 14.5 Å². The third kappa shape index (κ3) is 4.16. The number of carbonyl (C=O) groups excluding carboxylic acids is 3. The number of aldehydes is 2. The molecule has 2 aromatic rings. The molecule has 3 rings (SSSR count). The molecule has 0 N–H and O–H groups in total. The van der Waals surface area contributed by atoms with Crippen molar-refractivity contribution < 1.29 is 19.1 Å². The average molecular weight is 366 g/mol. The number of hydrogen-bond donors (Lipinski definition) is 0. The molecule has 0 unspecified atom stereocenters. The molecular weight excluding hydrogens is 344 g/mol. The van der Waals surface area contributed by atoms with Gasteiger partial charge in [0.15, 0.2) is 6.29 Å². The van der Waals surface area contributed by atoms with E-state index in [0.717, 1.165) is 29.4 Å². The van der Waals surface area contributed by atoms with Crippen LogP contribution in [0.2, 0.25) is 0 Å². The lowest BCUT2D eigenvalue weighted by atomic mass is 10.0. The van der Waals surface area contributed by atoms with Crippen molar-refractivity contribution in [1.82, 2.24) is 4.90 Å². The SMILES string of the molecule is CCOC(=O)N1CCN(c2cc(-c3ccc(C=O)cc3)ccc2C=O)CC1. The van der Waals surface area contributed by atoms with Crippen molar-refractivity contribution in [1.29, 1.82) is 0 Å². The van der Waals surface area contributed by atoms with Crippen LogP contribution in [0.3, 0.4) is 0 Å². The fraction of sp³-hybridized carbons (Fsp3) is 0.286. The lowest BCUT2D eigenvalue weighted by Crippen LogP contribution is -2.49. The number of ether oxygens (including phenoxy) is 1. The molecular formula is C21H22N2O4.